The summed E-state index contributed by atoms with van der Waals surface area (Å²) in [7, 11) is 0. The third-order valence-corrected chi connectivity index (χ3v) is 4.23. The van der Waals surface area contributed by atoms with Crippen LogP contribution in [0.3, 0.4) is 0 Å². The van der Waals surface area contributed by atoms with E-state index in [0.717, 1.165) is 27.7 Å². The van der Waals surface area contributed by atoms with Gasteiger partial charge >= 0.3 is 35.5 Å². The Morgan fingerprint density at radius 2 is 1.96 bits per heavy atom. The molecular formula is C21H19ClNNaO3. The number of hydrogen-bond acceptors (Lipinski definition) is 3. The number of ether oxygens (including phenoxy) is 1. The first-order chi connectivity index (χ1) is 12.4. The fraction of sp³-hybridized carbons (Fsp3) is 0.143. The smallest absolute Gasteiger partial charge is 1.00 e. The molecule has 1 heterocycles. The zero-order chi connectivity index (χ0) is 18.7. The minimum atomic E-state index is -0.998. The maximum Gasteiger partial charge on any atom is 1.00 e. The molecule has 0 bridgehead atoms. The van der Waals surface area contributed by atoms with Crippen molar-refractivity contribution >= 4 is 40.1 Å². The van der Waals surface area contributed by atoms with Crippen molar-refractivity contribution in [3.63, 3.8) is 0 Å². The van der Waals surface area contributed by atoms with Crippen LogP contribution < -0.4 is 34.3 Å². The molecule has 2 aromatic carbocycles. The van der Waals surface area contributed by atoms with E-state index in [0.29, 0.717) is 10.8 Å². The molecule has 1 atom stereocenters. The minimum Gasteiger partial charge on any atom is -1.00 e. The summed E-state index contributed by atoms with van der Waals surface area (Å²) in [6.07, 6.45) is 1.07. The SMILES string of the molecule is C/C(=C/c1ccc2ccc(Cl)cc2n1)c1cccc(OC(C)C(=O)O)c1.[H-].[Na+]. The fourth-order valence-electron chi connectivity index (χ4n) is 2.56. The van der Waals surface area contributed by atoms with Gasteiger partial charge in [-0.05, 0) is 61.4 Å². The molecule has 0 spiro atoms. The summed E-state index contributed by atoms with van der Waals surface area (Å²) < 4.78 is 5.43. The van der Waals surface area contributed by atoms with E-state index in [-0.39, 0.29) is 31.0 Å². The number of carboxylic acids is 1. The van der Waals surface area contributed by atoms with Crippen LogP contribution in [0.25, 0.3) is 22.6 Å². The molecule has 0 saturated carbocycles. The average molecular weight is 392 g/mol. The summed E-state index contributed by atoms with van der Waals surface area (Å²) in [5.74, 6) is -0.481. The summed E-state index contributed by atoms with van der Waals surface area (Å²) in [6, 6.07) is 16.9. The predicted octanol–water partition coefficient (Wildman–Crippen LogP) is 2.42. The van der Waals surface area contributed by atoms with E-state index < -0.39 is 12.1 Å². The molecule has 0 saturated heterocycles. The maximum atomic E-state index is 10.9. The molecule has 134 valence electrons. The third kappa shape index (κ3) is 5.56. The molecule has 0 aliphatic heterocycles. The van der Waals surface area contributed by atoms with Crippen LogP contribution in [0.2, 0.25) is 5.02 Å². The molecule has 3 rings (SSSR count). The molecule has 0 radical (unpaired) electrons. The quantitative estimate of drug-likeness (QED) is 0.679. The van der Waals surface area contributed by atoms with Gasteiger partial charge in [0, 0.05) is 10.4 Å². The van der Waals surface area contributed by atoms with E-state index in [9.17, 15) is 4.79 Å². The number of aromatic nitrogens is 1. The normalized spacial score (nSPS) is 12.3. The summed E-state index contributed by atoms with van der Waals surface area (Å²) >= 11 is 6.04. The second-order valence-corrected chi connectivity index (χ2v) is 6.46. The van der Waals surface area contributed by atoms with Gasteiger partial charge in [0.15, 0.2) is 6.10 Å². The number of carboxylic acid groups (broad SMARTS) is 1. The van der Waals surface area contributed by atoms with Gasteiger partial charge < -0.3 is 11.3 Å². The summed E-state index contributed by atoms with van der Waals surface area (Å²) in [5, 5.41) is 10.7. The molecule has 1 aromatic heterocycles. The van der Waals surface area contributed by atoms with Gasteiger partial charge in [-0.25, -0.2) is 9.78 Å². The van der Waals surface area contributed by atoms with E-state index in [2.05, 4.69) is 4.98 Å². The van der Waals surface area contributed by atoms with Crippen LogP contribution in [-0.2, 0) is 4.79 Å². The number of benzene rings is 2. The van der Waals surface area contributed by atoms with Crippen molar-refractivity contribution in [2.75, 3.05) is 0 Å². The Hall–Kier alpha value is -1.85. The molecular weight excluding hydrogens is 373 g/mol. The first kappa shape index (κ1) is 21.5. The van der Waals surface area contributed by atoms with Crippen molar-refractivity contribution < 1.29 is 45.6 Å². The van der Waals surface area contributed by atoms with Crippen LogP contribution >= 0.6 is 11.6 Å². The Morgan fingerprint density at radius 3 is 2.70 bits per heavy atom. The molecule has 6 heteroatoms. The van der Waals surface area contributed by atoms with E-state index in [1.54, 1.807) is 6.07 Å². The first-order valence-electron chi connectivity index (χ1n) is 8.17. The number of nitrogens with zero attached hydrogens (tertiary/aromatic N) is 1. The van der Waals surface area contributed by atoms with Gasteiger partial charge in [-0.1, -0.05) is 35.9 Å². The molecule has 0 aliphatic carbocycles. The maximum absolute atomic E-state index is 10.9. The van der Waals surface area contributed by atoms with Gasteiger partial charge in [0.1, 0.15) is 5.75 Å². The number of rotatable bonds is 5. The Bertz CT molecular complexity index is 1010. The Kier molecular flexibility index (Phi) is 7.45. The van der Waals surface area contributed by atoms with Crippen LogP contribution in [0.15, 0.2) is 54.6 Å². The number of hydrogen-bond donors (Lipinski definition) is 1. The van der Waals surface area contributed by atoms with Crippen molar-refractivity contribution in [2.45, 2.75) is 20.0 Å². The second-order valence-electron chi connectivity index (χ2n) is 6.03. The number of halogens is 1. The molecule has 27 heavy (non-hydrogen) atoms. The molecule has 0 amide bonds. The minimum absolute atomic E-state index is 0. The van der Waals surface area contributed by atoms with Gasteiger partial charge in [0.25, 0.3) is 0 Å². The molecule has 1 N–H and O–H groups in total. The van der Waals surface area contributed by atoms with E-state index in [1.165, 1.54) is 6.92 Å². The van der Waals surface area contributed by atoms with Crippen molar-refractivity contribution in [3.8, 4) is 5.75 Å². The van der Waals surface area contributed by atoms with Crippen molar-refractivity contribution in [1.29, 1.82) is 0 Å². The van der Waals surface area contributed by atoms with Gasteiger partial charge in [0.05, 0.1) is 11.2 Å². The summed E-state index contributed by atoms with van der Waals surface area (Å²) in [6.45, 7) is 3.48. The first-order valence-corrected chi connectivity index (χ1v) is 8.55. The van der Waals surface area contributed by atoms with Crippen molar-refractivity contribution in [3.05, 3.63) is 70.9 Å². The van der Waals surface area contributed by atoms with Gasteiger partial charge in [-0.2, -0.15) is 0 Å². The number of aliphatic carboxylic acids is 1. The monoisotopic (exact) mass is 391 g/mol. The van der Waals surface area contributed by atoms with Crippen LogP contribution in [0.1, 0.15) is 26.5 Å². The van der Waals surface area contributed by atoms with Gasteiger partial charge in [-0.15, -0.1) is 0 Å². The molecule has 4 nitrogen and oxygen atoms in total. The zero-order valence-electron chi connectivity index (χ0n) is 16.4. The Morgan fingerprint density at radius 1 is 1.22 bits per heavy atom. The number of fused-ring (bicyclic) bond motifs is 1. The molecule has 1 unspecified atom stereocenters. The fourth-order valence-corrected chi connectivity index (χ4v) is 2.73. The van der Waals surface area contributed by atoms with Crippen LogP contribution in [0.5, 0.6) is 5.75 Å². The number of pyridine rings is 1. The number of allylic oxidation sites excluding steroid dienone is 1. The number of carbonyl (C=O) groups is 1. The summed E-state index contributed by atoms with van der Waals surface area (Å²) in [4.78, 5) is 15.6. The zero-order valence-corrected chi connectivity index (χ0v) is 18.2. The Balaban J connectivity index is 0.00000196. The third-order valence-electron chi connectivity index (χ3n) is 3.99. The Labute approximate surface area is 186 Å². The summed E-state index contributed by atoms with van der Waals surface area (Å²) in [5.41, 5.74) is 3.59. The van der Waals surface area contributed by atoms with E-state index >= 15 is 0 Å². The van der Waals surface area contributed by atoms with Crippen LogP contribution in [-0.4, -0.2) is 22.2 Å². The van der Waals surface area contributed by atoms with Crippen LogP contribution in [0.4, 0.5) is 0 Å². The average Bonchev–Trinajstić information content (AvgIpc) is 2.61. The molecule has 0 aliphatic rings. The topological polar surface area (TPSA) is 59.4 Å². The van der Waals surface area contributed by atoms with Gasteiger partial charge in [0.2, 0.25) is 0 Å². The van der Waals surface area contributed by atoms with E-state index in [1.807, 2.05) is 61.5 Å². The standard InChI is InChI=1S/C21H18ClNO3.Na.H/c1-13(16-4-3-5-19(11-16)26-14(2)21(24)25)10-18-9-7-15-6-8-17(22)12-20(15)23-18;;/h3-12,14H,1-2H3,(H,24,25);;/q;+1;-1/b13-10-;;. The molecule has 3 aromatic rings. The van der Waals surface area contributed by atoms with Crippen molar-refractivity contribution in [2.24, 2.45) is 0 Å². The second kappa shape index (κ2) is 9.38. The molecule has 0 fully saturated rings. The van der Waals surface area contributed by atoms with Crippen LogP contribution in [0, 0.1) is 0 Å². The van der Waals surface area contributed by atoms with Gasteiger partial charge in [-0.3, -0.25) is 0 Å². The largest absolute Gasteiger partial charge is 1.00 e. The predicted molar refractivity (Wildman–Crippen MR) is 106 cm³/mol. The van der Waals surface area contributed by atoms with E-state index in [4.69, 9.17) is 21.4 Å². The van der Waals surface area contributed by atoms with Crippen molar-refractivity contribution in [1.82, 2.24) is 4.98 Å².